The van der Waals surface area contributed by atoms with Crippen LogP contribution in [0.4, 0.5) is 11.6 Å². The summed E-state index contributed by atoms with van der Waals surface area (Å²) < 4.78 is 1.69. The Morgan fingerprint density at radius 2 is 2.07 bits per heavy atom. The summed E-state index contributed by atoms with van der Waals surface area (Å²) in [5.41, 5.74) is 8.13. The lowest BCUT2D eigenvalue weighted by atomic mass is 10.1. The predicted octanol–water partition coefficient (Wildman–Crippen LogP) is 0.464. The number of likely N-dealkylation sites (N-methyl/N-ethyl adjacent to an activating group) is 1. The fourth-order valence-electron chi connectivity index (χ4n) is 3.13. The first-order valence-corrected chi connectivity index (χ1v) is 8.93. The molecule has 1 aliphatic rings. The van der Waals surface area contributed by atoms with Gasteiger partial charge in [-0.1, -0.05) is 24.3 Å². The van der Waals surface area contributed by atoms with Crippen molar-refractivity contribution < 1.29 is 9.63 Å². The molecule has 150 valence electrons. The molecule has 3 heterocycles. The zero-order valence-corrected chi connectivity index (χ0v) is 16.1. The van der Waals surface area contributed by atoms with Gasteiger partial charge in [-0.25, -0.2) is 14.9 Å². The number of amides is 1. The van der Waals surface area contributed by atoms with Gasteiger partial charge in [0.15, 0.2) is 12.0 Å². The van der Waals surface area contributed by atoms with Gasteiger partial charge in [-0.3, -0.25) is 14.3 Å². The summed E-state index contributed by atoms with van der Waals surface area (Å²) in [7, 11) is 3.53. The first kappa shape index (κ1) is 18.9. The minimum atomic E-state index is -0.584. The number of primary amides is 1. The molecule has 0 aliphatic carbocycles. The van der Waals surface area contributed by atoms with E-state index in [-0.39, 0.29) is 0 Å². The van der Waals surface area contributed by atoms with Gasteiger partial charge in [0.25, 0.3) is 5.91 Å². The second-order valence-electron chi connectivity index (χ2n) is 6.68. The highest BCUT2D eigenvalue weighted by molar-refractivity contribution is 5.79. The van der Waals surface area contributed by atoms with Crippen LogP contribution in [0.2, 0.25) is 0 Å². The van der Waals surface area contributed by atoms with E-state index >= 15 is 0 Å². The largest absolute Gasteiger partial charge is 0.367 e. The Kier molecular flexibility index (Phi) is 5.16. The maximum absolute atomic E-state index is 11.6. The second kappa shape index (κ2) is 7.91. The van der Waals surface area contributed by atoms with Crippen molar-refractivity contribution in [2.45, 2.75) is 12.7 Å². The zero-order chi connectivity index (χ0) is 20.4. The van der Waals surface area contributed by atoms with Crippen LogP contribution in [-0.4, -0.2) is 60.5 Å². The van der Waals surface area contributed by atoms with Crippen molar-refractivity contribution in [3.05, 3.63) is 48.5 Å². The molecule has 4 rings (SSSR count). The number of hydrogen-bond acceptors (Lipinski definition) is 9. The normalized spacial score (nSPS) is 17.5. The van der Waals surface area contributed by atoms with E-state index in [9.17, 15) is 4.79 Å². The van der Waals surface area contributed by atoms with Gasteiger partial charge in [0.1, 0.15) is 13.1 Å². The van der Waals surface area contributed by atoms with Crippen molar-refractivity contribution in [1.29, 1.82) is 0 Å². The molecule has 1 aromatic carbocycles. The van der Waals surface area contributed by atoms with Crippen LogP contribution in [0.5, 0.6) is 0 Å². The molecular formula is C18H21N9O2. The maximum Gasteiger partial charge on any atom is 0.252 e. The van der Waals surface area contributed by atoms with E-state index in [0.29, 0.717) is 25.0 Å². The third-order valence-corrected chi connectivity index (χ3v) is 4.50. The Bertz CT molecular complexity index is 1000. The predicted molar refractivity (Wildman–Crippen MR) is 104 cm³/mol. The van der Waals surface area contributed by atoms with E-state index in [2.05, 4.69) is 25.4 Å². The molecule has 3 N–H and O–H groups in total. The van der Waals surface area contributed by atoms with Crippen molar-refractivity contribution in [1.82, 2.24) is 34.7 Å². The average Bonchev–Trinajstić information content (AvgIpc) is 3.27. The quantitative estimate of drug-likeness (QED) is 0.612. The zero-order valence-electron chi connectivity index (χ0n) is 16.1. The lowest BCUT2D eigenvalue weighted by molar-refractivity contribution is -0.142. The minimum absolute atomic E-state index is 0.308. The van der Waals surface area contributed by atoms with Crippen LogP contribution >= 0.6 is 0 Å². The molecule has 1 unspecified atom stereocenters. The van der Waals surface area contributed by atoms with Gasteiger partial charge in [-0.15, -0.1) is 0 Å². The number of carbonyl (C=O) groups excluding carboxylic acids is 1. The first-order valence-electron chi connectivity index (χ1n) is 8.93. The highest BCUT2D eigenvalue weighted by atomic mass is 16.7. The number of anilines is 2. The van der Waals surface area contributed by atoms with Crippen LogP contribution in [0.15, 0.2) is 43.0 Å². The fraction of sp³-hybridized carbons (Fsp3) is 0.278. The lowest BCUT2D eigenvalue weighted by Gasteiger charge is -2.22. The fourth-order valence-corrected chi connectivity index (χ4v) is 3.13. The summed E-state index contributed by atoms with van der Waals surface area (Å²) in [5.74, 6) is 0.547. The molecule has 2 aromatic heterocycles. The van der Waals surface area contributed by atoms with Gasteiger partial charge in [0.05, 0.1) is 11.9 Å². The van der Waals surface area contributed by atoms with E-state index in [1.54, 1.807) is 17.9 Å². The lowest BCUT2D eigenvalue weighted by Crippen LogP contribution is -2.46. The number of carbonyl (C=O) groups is 1. The summed E-state index contributed by atoms with van der Waals surface area (Å²) in [5, 5.41) is 8.67. The van der Waals surface area contributed by atoms with Crippen molar-refractivity contribution in [2.24, 2.45) is 12.8 Å². The molecule has 1 fully saturated rings. The topological polar surface area (TPSA) is 127 Å². The summed E-state index contributed by atoms with van der Waals surface area (Å²) in [6.07, 6.45) is 4.40. The van der Waals surface area contributed by atoms with Crippen LogP contribution < -0.4 is 11.1 Å². The van der Waals surface area contributed by atoms with Crippen LogP contribution in [-0.2, 0) is 23.2 Å². The molecule has 1 amide bonds. The molecular weight excluding hydrogens is 374 g/mol. The van der Waals surface area contributed by atoms with Gasteiger partial charge in [0, 0.05) is 32.4 Å². The number of rotatable bonds is 6. The third-order valence-electron chi connectivity index (χ3n) is 4.50. The number of hydrogen-bond donors (Lipinski definition) is 2. The molecule has 0 spiro atoms. The van der Waals surface area contributed by atoms with Gasteiger partial charge in [-0.2, -0.15) is 15.1 Å². The molecule has 3 aromatic rings. The summed E-state index contributed by atoms with van der Waals surface area (Å²) >= 11 is 0. The summed E-state index contributed by atoms with van der Waals surface area (Å²) in [6, 6.07) is 7.78. The van der Waals surface area contributed by atoms with E-state index in [4.69, 9.17) is 10.6 Å². The Balaban J connectivity index is 1.46. The van der Waals surface area contributed by atoms with E-state index in [1.165, 1.54) is 11.4 Å². The van der Waals surface area contributed by atoms with Gasteiger partial charge in [0.2, 0.25) is 5.95 Å². The number of aryl methyl sites for hydroxylation is 1. The molecule has 1 aliphatic heterocycles. The first-order chi connectivity index (χ1) is 14.0. The number of aromatic nitrogens is 5. The number of nitrogens with one attached hydrogen (secondary N) is 1. The molecule has 11 nitrogen and oxygen atoms in total. The molecule has 0 saturated carbocycles. The van der Waals surface area contributed by atoms with Gasteiger partial charge in [-0.05, 0) is 5.56 Å². The van der Waals surface area contributed by atoms with Crippen molar-refractivity contribution in [3.8, 4) is 11.4 Å². The Morgan fingerprint density at radius 1 is 1.28 bits per heavy atom. The van der Waals surface area contributed by atoms with Gasteiger partial charge >= 0.3 is 0 Å². The van der Waals surface area contributed by atoms with Gasteiger partial charge < -0.3 is 11.1 Å². The molecule has 1 atom stereocenters. The van der Waals surface area contributed by atoms with Crippen molar-refractivity contribution in [2.75, 3.05) is 19.1 Å². The van der Waals surface area contributed by atoms with Crippen LogP contribution in [0, 0.1) is 0 Å². The van der Waals surface area contributed by atoms with Crippen LogP contribution in [0.3, 0.4) is 0 Å². The molecule has 29 heavy (non-hydrogen) atoms. The number of hydroxylamine groups is 2. The number of nitrogens with two attached hydrogens (primary N) is 1. The van der Waals surface area contributed by atoms with Crippen LogP contribution in [0.25, 0.3) is 11.4 Å². The standard InChI is InChI=1S/C18H21N9O2/c1-25-9-14(7-22-25)23-18-21-10-20-16(24-18)13-5-3-12(4-6-13)8-27-11-29-26(2)17(27)15(19)28/h3-7,9-10,17H,8,11H2,1-2H3,(H2,19,28)(H,20,21,23,24). The van der Waals surface area contributed by atoms with Crippen LogP contribution in [0.1, 0.15) is 5.56 Å². The molecule has 1 saturated heterocycles. The Labute approximate surface area is 167 Å². The maximum atomic E-state index is 11.6. The monoisotopic (exact) mass is 395 g/mol. The van der Waals surface area contributed by atoms with Crippen molar-refractivity contribution >= 4 is 17.5 Å². The average molecular weight is 395 g/mol. The van der Waals surface area contributed by atoms with Crippen molar-refractivity contribution in [3.63, 3.8) is 0 Å². The molecule has 0 bridgehead atoms. The Hall–Kier alpha value is -3.41. The third kappa shape index (κ3) is 4.21. The number of nitrogens with zero attached hydrogens (tertiary/aromatic N) is 7. The number of benzene rings is 1. The molecule has 11 heteroatoms. The second-order valence-corrected chi connectivity index (χ2v) is 6.68. The highest BCUT2D eigenvalue weighted by Crippen LogP contribution is 2.21. The summed E-state index contributed by atoms with van der Waals surface area (Å²) in [6.45, 7) is 0.839. The SMILES string of the molecule is CN1OCN(Cc2ccc(-c3ncnc(Nc4cnn(C)c4)n3)cc2)C1C(N)=O. The van der Waals surface area contributed by atoms with E-state index in [1.807, 2.05) is 42.4 Å². The highest BCUT2D eigenvalue weighted by Gasteiger charge is 2.34. The Morgan fingerprint density at radius 3 is 2.76 bits per heavy atom. The van der Waals surface area contributed by atoms with E-state index in [0.717, 1.165) is 16.8 Å². The summed E-state index contributed by atoms with van der Waals surface area (Å²) in [4.78, 5) is 31.7. The minimum Gasteiger partial charge on any atom is -0.367 e. The smallest absolute Gasteiger partial charge is 0.252 e. The molecule has 0 radical (unpaired) electrons. The van der Waals surface area contributed by atoms with E-state index < -0.39 is 12.1 Å².